The first-order valence-electron chi connectivity index (χ1n) is 15.6. The highest BCUT2D eigenvalue weighted by molar-refractivity contribution is 6.25. The molecule has 1 saturated heterocycles. The van der Waals surface area contributed by atoms with Crippen LogP contribution in [0.15, 0.2) is 28.7 Å². The van der Waals surface area contributed by atoms with Crippen LogP contribution in [0.4, 0.5) is 5.69 Å². The van der Waals surface area contributed by atoms with Crippen LogP contribution in [0.2, 0.25) is 0 Å². The third-order valence-electron chi connectivity index (χ3n) is 11.2. The molecule has 2 fully saturated rings. The Labute approximate surface area is 257 Å². The lowest BCUT2D eigenvalue weighted by Crippen LogP contribution is -2.63. The summed E-state index contributed by atoms with van der Waals surface area (Å²) in [4.78, 5) is 45.9. The van der Waals surface area contributed by atoms with Crippen molar-refractivity contribution < 1.29 is 34.8 Å². The Kier molecular flexibility index (Phi) is 7.37. The number of nitrogens with zero attached hydrogens (tertiary/aromatic N) is 3. The van der Waals surface area contributed by atoms with Crippen molar-refractivity contribution in [2.75, 3.05) is 46.2 Å². The average molecular weight is 609 g/mol. The summed E-state index contributed by atoms with van der Waals surface area (Å²) in [6, 6.07) is 0.924. The first-order valence-corrected chi connectivity index (χ1v) is 15.6. The van der Waals surface area contributed by atoms with Crippen LogP contribution in [0.1, 0.15) is 66.4 Å². The molecule has 5 aliphatic rings. The zero-order valence-corrected chi connectivity index (χ0v) is 26.0. The first-order chi connectivity index (χ1) is 20.7. The van der Waals surface area contributed by atoms with E-state index in [1.165, 1.54) is 25.7 Å². The van der Waals surface area contributed by atoms with Crippen molar-refractivity contribution in [1.29, 1.82) is 0 Å². The fourth-order valence-electron chi connectivity index (χ4n) is 8.92. The van der Waals surface area contributed by atoms with Crippen molar-refractivity contribution in [3.05, 3.63) is 45.4 Å². The number of nitrogens with two attached hydrogens (primary N) is 1. The van der Waals surface area contributed by atoms with E-state index in [0.717, 1.165) is 31.6 Å². The Morgan fingerprint density at radius 2 is 1.68 bits per heavy atom. The number of phenols is 1. The molecule has 44 heavy (non-hydrogen) atoms. The van der Waals surface area contributed by atoms with Crippen LogP contribution in [0.5, 0.6) is 5.75 Å². The molecule has 1 spiro atoms. The largest absolute Gasteiger partial charge is 0.510 e. The number of hydrogen-bond acceptors (Lipinski definition) is 10. The summed E-state index contributed by atoms with van der Waals surface area (Å²) in [6.07, 6.45) is 7.74. The number of benzene rings is 1. The fraction of sp³-hybridized carbons (Fsp3) is 0.606. The Balaban J connectivity index is 1.42. The van der Waals surface area contributed by atoms with Crippen LogP contribution in [0.3, 0.4) is 0 Å². The summed E-state index contributed by atoms with van der Waals surface area (Å²) in [5, 5.41) is 46.1. The molecule has 0 aromatic heterocycles. The predicted octanol–water partition coefficient (Wildman–Crippen LogP) is 2.34. The van der Waals surface area contributed by atoms with Crippen molar-refractivity contribution in [2.45, 2.75) is 69.6 Å². The van der Waals surface area contributed by atoms with Gasteiger partial charge in [0.05, 0.1) is 11.6 Å². The number of fused-ring (bicyclic) bond motifs is 3. The zero-order chi connectivity index (χ0) is 31.9. The molecule has 1 aromatic carbocycles. The second kappa shape index (κ2) is 10.6. The molecular formula is C33H44N4O7. The van der Waals surface area contributed by atoms with Gasteiger partial charge in [0.2, 0.25) is 5.78 Å². The number of aromatic hydroxyl groups is 1. The maximum Gasteiger partial charge on any atom is 0.255 e. The summed E-state index contributed by atoms with van der Waals surface area (Å²) in [5.74, 6) is -6.34. The summed E-state index contributed by atoms with van der Waals surface area (Å²) in [5.41, 5.74) is 4.39. The number of likely N-dealkylation sites (tertiary alicyclic amines) is 1. The second-order valence-electron chi connectivity index (χ2n) is 14.1. The smallest absolute Gasteiger partial charge is 0.255 e. The van der Waals surface area contributed by atoms with Crippen LogP contribution in [-0.2, 0) is 22.6 Å². The van der Waals surface area contributed by atoms with E-state index in [1.54, 1.807) is 19.0 Å². The highest BCUT2D eigenvalue weighted by Crippen LogP contribution is 2.54. The van der Waals surface area contributed by atoms with E-state index in [9.17, 15) is 34.8 Å². The number of rotatable bonds is 5. The number of aliphatic hydroxyl groups is 3. The fourth-order valence-corrected chi connectivity index (χ4v) is 8.92. The molecule has 1 heterocycles. The summed E-state index contributed by atoms with van der Waals surface area (Å²) >= 11 is 0. The summed E-state index contributed by atoms with van der Waals surface area (Å²) in [6.45, 7) is 2.31. The van der Waals surface area contributed by atoms with Gasteiger partial charge < -0.3 is 31.1 Å². The van der Waals surface area contributed by atoms with Crippen molar-refractivity contribution in [3.8, 4) is 5.75 Å². The standard InChI is InChI=1S/C33H44N4O7/c1-35(2)21-15-18(16-37-11-9-32(10-12-37)7-5-6-8-32)26(38)23-19(21)13-17-14-20-25(36(3)4)28(40)24(31(34)43)30(42)33(20,44)29(41)22(17)27(23)39/h15,17,20,25,38,40-41,44H,5-14,16H2,1-4H3,(H2,34,43)/t17-,20-,25-,33-/m0/s1. The summed E-state index contributed by atoms with van der Waals surface area (Å²) in [7, 11) is 6.99. The highest BCUT2D eigenvalue weighted by Gasteiger charge is 2.63. The second-order valence-corrected chi connectivity index (χ2v) is 14.1. The van der Waals surface area contributed by atoms with Crippen LogP contribution < -0.4 is 10.6 Å². The molecule has 0 bridgehead atoms. The normalized spacial score (nSPS) is 30.1. The van der Waals surface area contributed by atoms with Crippen molar-refractivity contribution in [3.63, 3.8) is 0 Å². The van der Waals surface area contributed by atoms with Crippen molar-refractivity contribution >= 4 is 23.2 Å². The van der Waals surface area contributed by atoms with Gasteiger partial charge >= 0.3 is 0 Å². The quantitative estimate of drug-likeness (QED) is 0.313. The van der Waals surface area contributed by atoms with E-state index in [0.29, 0.717) is 23.1 Å². The van der Waals surface area contributed by atoms with Gasteiger partial charge in [0, 0.05) is 43.4 Å². The number of aliphatic hydroxyl groups excluding tert-OH is 2. The van der Waals surface area contributed by atoms with Crippen molar-refractivity contribution in [2.24, 2.45) is 23.0 Å². The number of phenolic OH excluding ortho intramolecular Hbond substituents is 1. The van der Waals surface area contributed by atoms with Gasteiger partial charge in [-0.05, 0) is 88.7 Å². The van der Waals surface area contributed by atoms with Gasteiger partial charge in [0.15, 0.2) is 11.4 Å². The average Bonchev–Trinajstić information content (AvgIpc) is 3.40. The predicted molar refractivity (Wildman–Crippen MR) is 163 cm³/mol. The van der Waals surface area contributed by atoms with E-state index in [1.807, 2.05) is 25.1 Å². The topological polar surface area (TPSA) is 168 Å². The Bertz CT molecular complexity index is 1500. The lowest BCUT2D eigenvalue weighted by Gasteiger charge is -2.50. The van der Waals surface area contributed by atoms with Gasteiger partial charge in [0.25, 0.3) is 5.91 Å². The molecular weight excluding hydrogens is 564 g/mol. The number of piperidine rings is 1. The SMILES string of the molecule is CN(C)c1cc(CN2CCC3(CCCC3)CC2)c(O)c2c1C[C@H]1C[C@H]3[C@H](N(C)C)C(O)=C(C(N)=O)C(=O)[C@@]3(O)C(O)=C1C2=O. The van der Waals surface area contributed by atoms with E-state index >= 15 is 0 Å². The number of amides is 1. The van der Waals surface area contributed by atoms with Crippen molar-refractivity contribution in [1.82, 2.24) is 9.80 Å². The molecule has 1 aliphatic heterocycles. The minimum atomic E-state index is -2.65. The molecule has 11 nitrogen and oxygen atoms in total. The number of primary amides is 1. The van der Waals surface area contributed by atoms with Crippen LogP contribution in [0, 0.1) is 17.3 Å². The number of anilines is 1. The molecule has 6 rings (SSSR count). The van der Waals surface area contributed by atoms with Gasteiger partial charge in [-0.2, -0.15) is 0 Å². The molecule has 1 amide bonds. The van der Waals surface area contributed by atoms with Crippen LogP contribution in [-0.4, -0.2) is 101 Å². The first kappa shape index (κ1) is 30.6. The lowest BCUT2D eigenvalue weighted by molar-refractivity contribution is -0.148. The number of carbonyl (C=O) groups is 3. The van der Waals surface area contributed by atoms with E-state index in [2.05, 4.69) is 4.90 Å². The van der Waals surface area contributed by atoms with Crippen LogP contribution >= 0.6 is 0 Å². The molecule has 6 N–H and O–H groups in total. The summed E-state index contributed by atoms with van der Waals surface area (Å²) < 4.78 is 0. The molecule has 11 heteroatoms. The number of allylic oxidation sites excluding steroid dienone is 1. The zero-order valence-electron chi connectivity index (χ0n) is 26.0. The minimum absolute atomic E-state index is 0.0660. The Morgan fingerprint density at radius 3 is 2.25 bits per heavy atom. The maximum atomic E-state index is 14.3. The Hall–Kier alpha value is -3.41. The number of likely N-dealkylation sites (N-methyl/N-ethyl adjacent to an activating group) is 1. The lowest BCUT2D eigenvalue weighted by atomic mass is 9.58. The Morgan fingerprint density at radius 1 is 1.05 bits per heavy atom. The molecule has 4 aliphatic carbocycles. The number of carbonyl (C=O) groups excluding carboxylic acids is 3. The highest BCUT2D eigenvalue weighted by atomic mass is 16.3. The maximum absolute atomic E-state index is 14.3. The van der Waals surface area contributed by atoms with Gasteiger partial charge in [0.1, 0.15) is 22.8 Å². The molecule has 1 saturated carbocycles. The third kappa shape index (κ3) is 4.38. The monoisotopic (exact) mass is 608 g/mol. The molecule has 0 unspecified atom stereocenters. The van der Waals surface area contributed by atoms with E-state index in [4.69, 9.17) is 5.73 Å². The third-order valence-corrected chi connectivity index (χ3v) is 11.2. The van der Waals surface area contributed by atoms with Gasteiger partial charge in [-0.1, -0.05) is 12.8 Å². The van der Waals surface area contributed by atoms with Gasteiger partial charge in [-0.15, -0.1) is 0 Å². The number of ketones is 2. The van der Waals surface area contributed by atoms with Gasteiger partial charge in [-0.3, -0.25) is 24.2 Å². The van der Waals surface area contributed by atoms with E-state index < -0.39 is 58.0 Å². The molecule has 1 aromatic rings. The molecule has 238 valence electrons. The number of Topliss-reactive ketones (excluding diaryl/α,β-unsaturated/α-hetero) is 2. The number of hydrogen-bond donors (Lipinski definition) is 5. The molecule has 0 radical (unpaired) electrons. The van der Waals surface area contributed by atoms with Crippen LogP contribution in [0.25, 0.3) is 0 Å². The van der Waals surface area contributed by atoms with Gasteiger partial charge in [-0.25, -0.2) is 0 Å². The van der Waals surface area contributed by atoms with E-state index in [-0.39, 0.29) is 29.7 Å². The minimum Gasteiger partial charge on any atom is -0.510 e. The molecule has 4 atom stereocenters.